The van der Waals surface area contributed by atoms with E-state index in [1.807, 2.05) is 19.0 Å². The first-order valence-corrected chi connectivity index (χ1v) is 7.74. The summed E-state index contributed by atoms with van der Waals surface area (Å²) in [6.07, 6.45) is 1.04. The first-order valence-electron chi connectivity index (χ1n) is 7.74. The van der Waals surface area contributed by atoms with Gasteiger partial charge in [0.05, 0.1) is 0 Å². The van der Waals surface area contributed by atoms with Crippen molar-refractivity contribution in [3.05, 3.63) is 0 Å². The standard InChI is InChI=1S/C14H29N7/c1-6-9-15-12-17-13(19-14(18-12)20(4)5)16-10-11-21(7-2)8-3/h6-11H2,1-5H3,(H2,15,16,17,18,19). The zero-order valence-electron chi connectivity index (χ0n) is 14.0. The highest BCUT2D eigenvalue weighted by Crippen LogP contribution is 2.11. The molecule has 120 valence electrons. The molecule has 0 saturated heterocycles. The van der Waals surface area contributed by atoms with Crippen LogP contribution in [-0.4, -0.2) is 66.7 Å². The third-order valence-corrected chi connectivity index (χ3v) is 3.16. The maximum absolute atomic E-state index is 4.42. The summed E-state index contributed by atoms with van der Waals surface area (Å²) in [6, 6.07) is 0. The topological polar surface area (TPSA) is 69.2 Å². The molecular formula is C14H29N7. The van der Waals surface area contributed by atoms with Gasteiger partial charge in [-0.2, -0.15) is 15.0 Å². The minimum Gasteiger partial charge on any atom is -0.354 e. The number of likely N-dealkylation sites (N-methyl/N-ethyl adjacent to an activating group) is 1. The lowest BCUT2D eigenvalue weighted by atomic mass is 10.4. The summed E-state index contributed by atoms with van der Waals surface area (Å²) in [5.74, 6) is 1.91. The normalized spacial score (nSPS) is 10.8. The second-order valence-electron chi connectivity index (χ2n) is 5.06. The Morgan fingerprint density at radius 3 is 1.90 bits per heavy atom. The van der Waals surface area contributed by atoms with E-state index in [-0.39, 0.29) is 0 Å². The molecule has 0 aliphatic heterocycles. The molecule has 7 nitrogen and oxygen atoms in total. The van der Waals surface area contributed by atoms with Gasteiger partial charge in [-0.1, -0.05) is 20.8 Å². The lowest BCUT2D eigenvalue weighted by Gasteiger charge is -2.18. The number of nitrogens with one attached hydrogen (secondary N) is 2. The average Bonchev–Trinajstić information content (AvgIpc) is 2.49. The Kier molecular flexibility index (Phi) is 7.74. The largest absolute Gasteiger partial charge is 0.354 e. The van der Waals surface area contributed by atoms with E-state index < -0.39 is 0 Å². The van der Waals surface area contributed by atoms with Crippen molar-refractivity contribution >= 4 is 17.8 Å². The van der Waals surface area contributed by atoms with E-state index in [0.29, 0.717) is 17.8 Å². The van der Waals surface area contributed by atoms with Crippen molar-refractivity contribution in [2.24, 2.45) is 0 Å². The minimum absolute atomic E-state index is 0.624. The molecule has 2 N–H and O–H groups in total. The zero-order chi connectivity index (χ0) is 15.7. The molecule has 0 radical (unpaired) electrons. The molecule has 21 heavy (non-hydrogen) atoms. The third-order valence-electron chi connectivity index (χ3n) is 3.16. The fourth-order valence-corrected chi connectivity index (χ4v) is 1.83. The number of rotatable bonds is 10. The summed E-state index contributed by atoms with van der Waals surface area (Å²) in [5, 5.41) is 6.50. The van der Waals surface area contributed by atoms with E-state index in [2.05, 4.69) is 51.3 Å². The number of nitrogens with zero attached hydrogens (tertiary/aromatic N) is 5. The molecule has 1 aromatic rings. The van der Waals surface area contributed by atoms with Gasteiger partial charge < -0.3 is 20.4 Å². The average molecular weight is 295 g/mol. The van der Waals surface area contributed by atoms with Crippen molar-refractivity contribution in [1.82, 2.24) is 19.9 Å². The molecule has 0 spiro atoms. The van der Waals surface area contributed by atoms with Gasteiger partial charge in [0.25, 0.3) is 0 Å². The van der Waals surface area contributed by atoms with E-state index in [0.717, 1.165) is 39.1 Å². The Bertz CT molecular complexity index is 404. The number of anilines is 3. The van der Waals surface area contributed by atoms with E-state index in [9.17, 15) is 0 Å². The Labute approximate surface area is 128 Å². The van der Waals surface area contributed by atoms with Crippen LogP contribution in [-0.2, 0) is 0 Å². The molecule has 1 rings (SSSR count). The van der Waals surface area contributed by atoms with Crippen LogP contribution in [0.1, 0.15) is 27.2 Å². The smallest absolute Gasteiger partial charge is 0.231 e. The van der Waals surface area contributed by atoms with E-state index in [1.165, 1.54) is 0 Å². The SMILES string of the molecule is CCCNc1nc(NCCN(CC)CC)nc(N(C)C)n1. The zero-order valence-corrected chi connectivity index (χ0v) is 14.0. The molecule has 0 unspecified atom stereocenters. The number of aromatic nitrogens is 3. The first kappa shape index (κ1) is 17.4. The summed E-state index contributed by atoms with van der Waals surface area (Å²) in [4.78, 5) is 17.5. The molecule has 0 amide bonds. The van der Waals surface area contributed by atoms with Gasteiger partial charge in [-0.3, -0.25) is 0 Å². The van der Waals surface area contributed by atoms with Crippen molar-refractivity contribution in [1.29, 1.82) is 0 Å². The van der Waals surface area contributed by atoms with Gasteiger partial charge in [0, 0.05) is 33.7 Å². The molecule has 0 bridgehead atoms. The summed E-state index contributed by atoms with van der Waals surface area (Å²) < 4.78 is 0. The first-order chi connectivity index (χ1) is 10.1. The van der Waals surface area contributed by atoms with Crippen LogP contribution in [0.2, 0.25) is 0 Å². The van der Waals surface area contributed by atoms with Crippen LogP contribution in [0.15, 0.2) is 0 Å². The van der Waals surface area contributed by atoms with Crippen molar-refractivity contribution in [3.8, 4) is 0 Å². The van der Waals surface area contributed by atoms with Gasteiger partial charge in [0.1, 0.15) is 0 Å². The van der Waals surface area contributed by atoms with Crippen LogP contribution in [0, 0.1) is 0 Å². The predicted octanol–water partition coefficient (Wildman–Crippen LogP) is 1.51. The second kappa shape index (κ2) is 9.33. The van der Waals surface area contributed by atoms with Crippen molar-refractivity contribution in [2.45, 2.75) is 27.2 Å². The number of hydrogen-bond donors (Lipinski definition) is 2. The van der Waals surface area contributed by atoms with Gasteiger partial charge in [-0.05, 0) is 19.5 Å². The lowest BCUT2D eigenvalue weighted by molar-refractivity contribution is 0.316. The quantitative estimate of drug-likeness (QED) is 0.678. The minimum atomic E-state index is 0.624. The van der Waals surface area contributed by atoms with Gasteiger partial charge in [-0.15, -0.1) is 0 Å². The van der Waals surface area contributed by atoms with Gasteiger partial charge in [0.15, 0.2) is 0 Å². The molecule has 0 saturated carbocycles. The summed E-state index contributed by atoms with van der Waals surface area (Å²) >= 11 is 0. The van der Waals surface area contributed by atoms with Crippen LogP contribution >= 0.6 is 0 Å². The monoisotopic (exact) mass is 295 g/mol. The Balaban J connectivity index is 2.68. The molecule has 0 aliphatic carbocycles. The Hall–Kier alpha value is -1.63. The predicted molar refractivity (Wildman–Crippen MR) is 89.2 cm³/mol. The number of hydrogen-bond acceptors (Lipinski definition) is 7. The van der Waals surface area contributed by atoms with Gasteiger partial charge >= 0.3 is 0 Å². The van der Waals surface area contributed by atoms with Crippen molar-refractivity contribution in [2.75, 3.05) is 62.4 Å². The highest BCUT2D eigenvalue weighted by atomic mass is 15.3. The highest BCUT2D eigenvalue weighted by Gasteiger charge is 2.08. The van der Waals surface area contributed by atoms with Crippen molar-refractivity contribution in [3.63, 3.8) is 0 Å². The van der Waals surface area contributed by atoms with Crippen LogP contribution in [0.5, 0.6) is 0 Å². The Morgan fingerprint density at radius 2 is 1.43 bits per heavy atom. The highest BCUT2D eigenvalue weighted by molar-refractivity contribution is 5.42. The van der Waals surface area contributed by atoms with E-state index in [1.54, 1.807) is 0 Å². The summed E-state index contributed by atoms with van der Waals surface area (Å²) in [6.45, 7) is 11.2. The fraction of sp³-hybridized carbons (Fsp3) is 0.786. The molecule has 0 aromatic carbocycles. The van der Waals surface area contributed by atoms with Gasteiger partial charge in [0.2, 0.25) is 17.8 Å². The van der Waals surface area contributed by atoms with E-state index >= 15 is 0 Å². The Morgan fingerprint density at radius 1 is 0.857 bits per heavy atom. The third kappa shape index (κ3) is 6.12. The van der Waals surface area contributed by atoms with Gasteiger partial charge in [-0.25, -0.2) is 0 Å². The van der Waals surface area contributed by atoms with Crippen LogP contribution in [0.4, 0.5) is 17.8 Å². The molecule has 7 heteroatoms. The molecule has 1 heterocycles. The van der Waals surface area contributed by atoms with E-state index in [4.69, 9.17) is 0 Å². The van der Waals surface area contributed by atoms with Crippen LogP contribution < -0.4 is 15.5 Å². The second-order valence-corrected chi connectivity index (χ2v) is 5.06. The van der Waals surface area contributed by atoms with Crippen LogP contribution in [0.3, 0.4) is 0 Å². The maximum atomic E-state index is 4.42. The molecule has 0 fully saturated rings. The maximum Gasteiger partial charge on any atom is 0.231 e. The molecule has 0 aliphatic rings. The van der Waals surface area contributed by atoms with Crippen LogP contribution in [0.25, 0.3) is 0 Å². The van der Waals surface area contributed by atoms with Crippen molar-refractivity contribution < 1.29 is 0 Å². The summed E-state index contributed by atoms with van der Waals surface area (Å²) in [7, 11) is 3.86. The molecule has 1 aromatic heterocycles. The fourth-order valence-electron chi connectivity index (χ4n) is 1.83. The molecular weight excluding hydrogens is 266 g/mol. The lowest BCUT2D eigenvalue weighted by Crippen LogP contribution is -2.29. The molecule has 0 atom stereocenters. The summed E-state index contributed by atoms with van der Waals surface area (Å²) in [5.41, 5.74) is 0.